The molecule has 2 aliphatic heterocycles. The molecule has 2 saturated heterocycles. The standard InChI is InChI=1S/C23H34N6O3/c24-22(25)28-14-6-11-23(15-16-7-2-1-3-8-16,29-21(32)18-10-5-13-27-18)20(31)19(30)17-9-4-12-26-17/h1-3,7-8,17-18,26-27H,4-6,9-15H2,(H,29,32)(H4,24,25,28)/t17-,18+,23+/m0/s1. The topological polar surface area (TPSA) is 152 Å². The van der Waals surface area contributed by atoms with E-state index in [0.29, 0.717) is 32.4 Å². The summed E-state index contributed by atoms with van der Waals surface area (Å²) in [6, 6.07) is 8.58. The number of hydrogen-bond acceptors (Lipinski definition) is 6. The molecule has 0 unspecified atom stereocenters. The zero-order valence-electron chi connectivity index (χ0n) is 18.4. The summed E-state index contributed by atoms with van der Waals surface area (Å²) in [5.74, 6) is -1.31. The fourth-order valence-electron chi connectivity index (χ4n) is 4.51. The number of Topliss-reactive ketones (excluding diaryl/α,β-unsaturated/α-hetero) is 2. The van der Waals surface area contributed by atoms with E-state index in [2.05, 4.69) is 20.9 Å². The zero-order chi connectivity index (χ0) is 23.0. The second-order valence-electron chi connectivity index (χ2n) is 8.64. The molecular formula is C23H34N6O3. The number of amides is 1. The lowest BCUT2D eigenvalue weighted by molar-refractivity contribution is -0.143. The van der Waals surface area contributed by atoms with Crippen LogP contribution < -0.4 is 27.4 Å². The fraction of sp³-hybridized carbons (Fsp3) is 0.565. The summed E-state index contributed by atoms with van der Waals surface area (Å²) in [4.78, 5) is 44.0. The van der Waals surface area contributed by atoms with Gasteiger partial charge in [0.2, 0.25) is 17.5 Å². The summed E-state index contributed by atoms with van der Waals surface area (Å²) in [6.07, 6.45) is 4.00. The van der Waals surface area contributed by atoms with Crippen LogP contribution >= 0.6 is 0 Å². The first-order chi connectivity index (χ1) is 15.4. The van der Waals surface area contributed by atoms with Crippen LogP contribution in [0.3, 0.4) is 0 Å². The minimum absolute atomic E-state index is 0.0320. The molecule has 0 bridgehead atoms. The highest BCUT2D eigenvalue weighted by molar-refractivity contribution is 6.42. The van der Waals surface area contributed by atoms with Gasteiger partial charge in [0, 0.05) is 13.0 Å². The molecule has 174 valence electrons. The van der Waals surface area contributed by atoms with Gasteiger partial charge in [-0.1, -0.05) is 30.3 Å². The minimum Gasteiger partial charge on any atom is -0.370 e. The van der Waals surface area contributed by atoms with E-state index >= 15 is 0 Å². The molecule has 0 aliphatic carbocycles. The number of ketones is 2. The Kier molecular flexibility index (Phi) is 8.35. The number of nitrogens with two attached hydrogens (primary N) is 2. The summed E-state index contributed by atoms with van der Waals surface area (Å²) >= 11 is 0. The van der Waals surface area contributed by atoms with E-state index in [0.717, 1.165) is 24.9 Å². The Morgan fingerprint density at radius 3 is 2.28 bits per heavy atom. The predicted octanol–water partition coefficient (Wildman–Crippen LogP) is -0.220. The van der Waals surface area contributed by atoms with Gasteiger partial charge in [0.15, 0.2) is 5.96 Å². The van der Waals surface area contributed by atoms with Crippen molar-refractivity contribution in [3.8, 4) is 0 Å². The summed E-state index contributed by atoms with van der Waals surface area (Å²) < 4.78 is 0. The third kappa shape index (κ3) is 6.14. The molecule has 2 fully saturated rings. The molecule has 32 heavy (non-hydrogen) atoms. The number of nitrogens with zero attached hydrogens (tertiary/aromatic N) is 1. The average molecular weight is 443 g/mol. The highest BCUT2D eigenvalue weighted by Gasteiger charge is 2.46. The number of guanidine groups is 1. The maximum atomic E-state index is 13.7. The van der Waals surface area contributed by atoms with Crippen LogP contribution in [0.5, 0.6) is 0 Å². The van der Waals surface area contributed by atoms with Crippen LogP contribution in [-0.2, 0) is 20.8 Å². The zero-order valence-corrected chi connectivity index (χ0v) is 18.4. The largest absolute Gasteiger partial charge is 0.370 e. The lowest BCUT2D eigenvalue weighted by Crippen LogP contribution is -2.62. The molecular weight excluding hydrogens is 408 g/mol. The molecule has 2 aliphatic rings. The Labute approximate surface area is 188 Å². The number of benzene rings is 1. The number of hydrogen-bond donors (Lipinski definition) is 5. The molecule has 9 heteroatoms. The van der Waals surface area contributed by atoms with Crippen LogP contribution in [0.25, 0.3) is 0 Å². The van der Waals surface area contributed by atoms with Gasteiger partial charge in [-0.25, -0.2) is 0 Å². The Bertz CT molecular complexity index is 827. The number of aliphatic imine (C=N–C) groups is 1. The highest BCUT2D eigenvalue weighted by Crippen LogP contribution is 2.24. The van der Waals surface area contributed by atoms with Crippen LogP contribution in [0.4, 0.5) is 0 Å². The molecule has 1 aromatic rings. The number of carbonyl (C=O) groups is 3. The molecule has 3 rings (SSSR count). The van der Waals surface area contributed by atoms with Crippen molar-refractivity contribution in [3.05, 3.63) is 35.9 Å². The summed E-state index contributed by atoms with van der Waals surface area (Å²) in [6.45, 7) is 1.77. The first-order valence-corrected chi connectivity index (χ1v) is 11.4. The van der Waals surface area contributed by atoms with Gasteiger partial charge in [0.05, 0.1) is 12.1 Å². The van der Waals surface area contributed by atoms with Crippen LogP contribution in [0, 0.1) is 0 Å². The van der Waals surface area contributed by atoms with Crippen molar-refractivity contribution in [2.24, 2.45) is 16.5 Å². The van der Waals surface area contributed by atoms with Crippen molar-refractivity contribution in [1.29, 1.82) is 0 Å². The van der Waals surface area contributed by atoms with Gasteiger partial charge < -0.3 is 27.4 Å². The van der Waals surface area contributed by atoms with Crippen LogP contribution in [0.2, 0.25) is 0 Å². The number of rotatable bonds is 11. The van der Waals surface area contributed by atoms with E-state index in [1.165, 1.54) is 0 Å². The molecule has 0 radical (unpaired) electrons. The average Bonchev–Trinajstić information content (AvgIpc) is 3.50. The maximum Gasteiger partial charge on any atom is 0.237 e. The monoisotopic (exact) mass is 442 g/mol. The summed E-state index contributed by atoms with van der Waals surface area (Å²) in [5.41, 5.74) is 10.4. The Morgan fingerprint density at radius 2 is 1.69 bits per heavy atom. The Balaban J connectivity index is 1.91. The summed E-state index contributed by atoms with van der Waals surface area (Å²) in [7, 11) is 0. The van der Waals surface area contributed by atoms with Gasteiger partial charge in [-0.2, -0.15) is 0 Å². The Morgan fingerprint density at radius 1 is 1.03 bits per heavy atom. The molecule has 0 aromatic heterocycles. The first-order valence-electron chi connectivity index (χ1n) is 11.4. The van der Waals surface area contributed by atoms with Crippen molar-refractivity contribution in [1.82, 2.24) is 16.0 Å². The van der Waals surface area contributed by atoms with E-state index in [-0.39, 0.29) is 30.8 Å². The van der Waals surface area contributed by atoms with Gasteiger partial charge in [-0.05, 0) is 57.2 Å². The third-order valence-electron chi connectivity index (χ3n) is 6.18. The molecule has 1 aromatic carbocycles. The minimum atomic E-state index is -1.36. The van der Waals surface area contributed by atoms with Gasteiger partial charge in [-0.3, -0.25) is 19.4 Å². The van der Waals surface area contributed by atoms with E-state index in [1.807, 2.05) is 30.3 Å². The van der Waals surface area contributed by atoms with Gasteiger partial charge in [0.1, 0.15) is 5.54 Å². The van der Waals surface area contributed by atoms with Crippen molar-refractivity contribution in [2.45, 2.75) is 62.6 Å². The van der Waals surface area contributed by atoms with Crippen molar-refractivity contribution in [3.63, 3.8) is 0 Å². The van der Waals surface area contributed by atoms with Gasteiger partial charge in [-0.15, -0.1) is 0 Å². The van der Waals surface area contributed by atoms with E-state index in [9.17, 15) is 14.4 Å². The SMILES string of the molecule is NC(N)=NCCC[C@](Cc1ccccc1)(NC(=O)[C@H]1CCCN1)C(=O)C(=O)[C@@H]1CCCN1. The Hall–Kier alpha value is -2.78. The predicted molar refractivity (Wildman–Crippen MR) is 123 cm³/mol. The normalized spacial score (nSPS) is 22.1. The van der Waals surface area contributed by atoms with Crippen LogP contribution in [0.15, 0.2) is 35.3 Å². The first kappa shape index (κ1) is 23.9. The highest BCUT2D eigenvalue weighted by atomic mass is 16.2. The van der Waals surface area contributed by atoms with Crippen LogP contribution in [0.1, 0.15) is 44.1 Å². The van der Waals surface area contributed by atoms with Gasteiger partial charge >= 0.3 is 0 Å². The van der Waals surface area contributed by atoms with Crippen LogP contribution in [-0.4, -0.2) is 60.7 Å². The van der Waals surface area contributed by atoms with Gasteiger partial charge in [0.25, 0.3) is 0 Å². The summed E-state index contributed by atoms with van der Waals surface area (Å²) in [5, 5.41) is 9.29. The van der Waals surface area contributed by atoms with Crippen molar-refractivity contribution >= 4 is 23.4 Å². The lowest BCUT2D eigenvalue weighted by atomic mass is 9.79. The van der Waals surface area contributed by atoms with E-state index in [4.69, 9.17) is 11.5 Å². The molecule has 7 N–H and O–H groups in total. The molecule has 3 atom stereocenters. The quantitative estimate of drug-likeness (QED) is 0.137. The second kappa shape index (κ2) is 11.2. The third-order valence-corrected chi connectivity index (χ3v) is 6.18. The molecule has 1 amide bonds. The van der Waals surface area contributed by atoms with E-state index < -0.39 is 23.1 Å². The lowest BCUT2D eigenvalue weighted by Gasteiger charge is -2.35. The maximum absolute atomic E-state index is 13.7. The smallest absolute Gasteiger partial charge is 0.237 e. The number of carbonyl (C=O) groups excluding carboxylic acids is 3. The number of nitrogens with one attached hydrogen (secondary N) is 3. The molecule has 9 nitrogen and oxygen atoms in total. The molecule has 0 saturated carbocycles. The fourth-order valence-corrected chi connectivity index (χ4v) is 4.51. The second-order valence-corrected chi connectivity index (χ2v) is 8.64. The molecule has 0 spiro atoms. The van der Waals surface area contributed by atoms with Crippen molar-refractivity contribution < 1.29 is 14.4 Å². The van der Waals surface area contributed by atoms with E-state index in [1.54, 1.807) is 0 Å². The molecule has 2 heterocycles. The van der Waals surface area contributed by atoms with Crippen molar-refractivity contribution in [2.75, 3.05) is 19.6 Å².